The molecule has 0 bridgehead atoms. The summed E-state index contributed by atoms with van der Waals surface area (Å²) in [5.41, 5.74) is 0.395. The predicted octanol–water partition coefficient (Wildman–Crippen LogP) is 3.72. The summed E-state index contributed by atoms with van der Waals surface area (Å²) < 4.78 is 6.30. The second-order valence-corrected chi connectivity index (χ2v) is 7.73. The second-order valence-electron chi connectivity index (χ2n) is 7.73. The van der Waals surface area contributed by atoms with E-state index in [4.69, 9.17) is 4.74 Å². The van der Waals surface area contributed by atoms with E-state index < -0.39 is 5.60 Å². The Morgan fingerprint density at radius 1 is 1.17 bits per heavy atom. The Morgan fingerprint density at radius 2 is 1.88 bits per heavy atom. The molecule has 3 rings (SSSR count). The van der Waals surface area contributed by atoms with Crippen LogP contribution in [0.4, 0.5) is 0 Å². The van der Waals surface area contributed by atoms with Crippen molar-refractivity contribution in [3.05, 3.63) is 35.9 Å². The fourth-order valence-corrected chi connectivity index (χ4v) is 5.41. The molecule has 1 aromatic rings. The molecule has 1 saturated heterocycles. The van der Waals surface area contributed by atoms with Crippen LogP contribution in [0.15, 0.2) is 30.3 Å². The first-order chi connectivity index (χ1) is 11.7. The smallest absolute Gasteiger partial charge is 0.0782 e. The number of ether oxygens (including phenoxy) is 1. The van der Waals surface area contributed by atoms with Crippen LogP contribution in [0.2, 0.25) is 0 Å². The quantitative estimate of drug-likeness (QED) is 0.835. The van der Waals surface area contributed by atoms with Gasteiger partial charge in [0.25, 0.3) is 0 Å². The van der Waals surface area contributed by atoms with Gasteiger partial charge in [0.15, 0.2) is 0 Å². The summed E-state index contributed by atoms with van der Waals surface area (Å²) in [4.78, 5) is 0. The highest BCUT2D eigenvalue weighted by molar-refractivity contribution is 5.19. The summed E-state index contributed by atoms with van der Waals surface area (Å²) in [5, 5.41) is 21.4. The Labute approximate surface area is 146 Å². The largest absolute Gasteiger partial charge is 0.396 e. The highest BCUT2D eigenvalue weighted by atomic mass is 16.5. The van der Waals surface area contributed by atoms with E-state index in [0.29, 0.717) is 19.4 Å². The fourth-order valence-electron chi connectivity index (χ4n) is 5.41. The molecule has 1 aliphatic heterocycles. The number of hydrogen-bond acceptors (Lipinski definition) is 3. The molecule has 1 aromatic carbocycles. The zero-order valence-corrected chi connectivity index (χ0v) is 14.9. The van der Waals surface area contributed by atoms with Gasteiger partial charge in [-0.15, -0.1) is 0 Å². The molecule has 2 N–H and O–H groups in total. The van der Waals surface area contributed by atoms with Crippen LogP contribution in [0.5, 0.6) is 0 Å². The average Bonchev–Trinajstić information content (AvgIpc) is 3.10. The third-order valence-corrected chi connectivity index (χ3v) is 6.56. The van der Waals surface area contributed by atoms with Crippen molar-refractivity contribution in [2.75, 3.05) is 13.2 Å². The minimum atomic E-state index is -0.735. The van der Waals surface area contributed by atoms with Gasteiger partial charge in [0, 0.05) is 17.9 Å². The average molecular weight is 332 g/mol. The van der Waals surface area contributed by atoms with Crippen molar-refractivity contribution in [3.63, 3.8) is 0 Å². The van der Waals surface area contributed by atoms with Crippen molar-refractivity contribution in [1.82, 2.24) is 0 Å². The summed E-state index contributed by atoms with van der Waals surface area (Å²) in [6, 6.07) is 10.4. The predicted molar refractivity (Wildman–Crippen MR) is 95.8 cm³/mol. The molecule has 134 valence electrons. The zero-order valence-electron chi connectivity index (χ0n) is 14.9. The molecule has 1 heterocycles. The Morgan fingerprint density at radius 3 is 2.50 bits per heavy atom. The first-order valence-corrected chi connectivity index (χ1v) is 9.65. The van der Waals surface area contributed by atoms with Crippen molar-refractivity contribution < 1.29 is 14.9 Å². The molecule has 0 amide bonds. The molecule has 2 aliphatic rings. The molecular formula is C21H32O3. The van der Waals surface area contributed by atoms with Gasteiger partial charge in [-0.1, -0.05) is 50.1 Å². The number of aliphatic hydroxyl groups excluding tert-OH is 1. The highest BCUT2D eigenvalue weighted by Gasteiger charge is 2.61. The van der Waals surface area contributed by atoms with Crippen LogP contribution < -0.4 is 0 Å². The highest BCUT2D eigenvalue weighted by Crippen LogP contribution is 2.58. The van der Waals surface area contributed by atoms with E-state index in [1.54, 1.807) is 0 Å². The summed E-state index contributed by atoms with van der Waals surface area (Å²) >= 11 is 0. The van der Waals surface area contributed by atoms with E-state index in [9.17, 15) is 10.2 Å². The molecule has 1 aliphatic carbocycles. The number of hydrogen-bond donors (Lipinski definition) is 2. The second kappa shape index (κ2) is 7.55. The summed E-state index contributed by atoms with van der Waals surface area (Å²) in [6.07, 6.45) is 7.77. The van der Waals surface area contributed by atoms with Gasteiger partial charge in [-0.2, -0.15) is 0 Å². The topological polar surface area (TPSA) is 49.7 Å². The molecule has 2 fully saturated rings. The molecule has 1 spiro atoms. The van der Waals surface area contributed by atoms with Crippen LogP contribution in [-0.4, -0.2) is 35.1 Å². The van der Waals surface area contributed by atoms with Gasteiger partial charge < -0.3 is 14.9 Å². The van der Waals surface area contributed by atoms with Gasteiger partial charge in [0.2, 0.25) is 0 Å². The van der Waals surface area contributed by atoms with Crippen LogP contribution in [-0.2, 0) is 11.2 Å². The lowest BCUT2D eigenvalue weighted by Crippen LogP contribution is -2.63. The van der Waals surface area contributed by atoms with E-state index in [1.165, 1.54) is 18.4 Å². The Hall–Kier alpha value is -0.900. The lowest BCUT2D eigenvalue weighted by Gasteiger charge is -2.57. The van der Waals surface area contributed by atoms with Crippen LogP contribution in [0, 0.1) is 11.3 Å². The van der Waals surface area contributed by atoms with E-state index >= 15 is 0 Å². The van der Waals surface area contributed by atoms with E-state index in [0.717, 1.165) is 25.7 Å². The minimum Gasteiger partial charge on any atom is -0.396 e. The van der Waals surface area contributed by atoms with Crippen molar-refractivity contribution >= 4 is 0 Å². The van der Waals surface area contributed by atoms with Crippen LogP contribution in [0.25, 0.3) is 0 Å². The van der Waals surface area contributed by atoms with Crippen LogP contribution >= 0.6 is 0 Å². The van der Waals surface area contributed by atoms with E-state index in [-0.39, 0.29) is 24.0 Å². The molecule has 3 nitrogen and oxygen atoms in total. The van der Waals surface area contributed by atoms with Crippen molar-refractivity contribution in [3.8, 4) is 0 Å². The molecule has 0 radical (unpaired) electrons. The standard InChI is InChI=1S/C21H32O3/c1-2-19-20(11-6-7-12-20)21(23,13-8-14-22)18(16-24-19)15-17-9-4-3-5-10-17/h3-5,9-10,18-19,22-23H,2,6-8,11-16H2,1H3/t18-,19-,21+/m0/s1. The number of benzene rings is 1. The maximum atomic E-state index is 12.0. The lowest BCUT2D eigenvalue weighted by atomic mass is 9.57. The van der Waals surface area contributed by atoms with Gasteiger partial charge in [-0.3, -0.25) is 0 Å². The van der Waals surface area contributed by atoms with Crippen LogP contribution in [0.3, 0.4) is 0 Å². The Bertz CT molecular complexity index is 509. The maximum absolute atomic E-state index is 12.0. The normalized spacial score (nSPS) is 32.3. The molecular weight excluding hydrogens is 300 g/mol. The summed E-state index contributed by atoms with van der Waals surface area (Å²) in [7, 11) is 0. The minimum absolute atomic E-state index is 0.104. The summed E-state index contributed by atoms with van der Waals surface area (Å²) in [6.45, 7) is 2.94. The first kappa shape index (κ1) is 17.9. The van der Waals surface area contributed by atoms with Gasteiger partial charge in [0.05, 0.1) is 18.3 Å². The molecule has 0 aromatic heterocycles. The van der Waals surface area contributed by atoms with Crippen molar-refractivity contribution in [2.45, 2.75) is 70.0 Å². The van der Waals surface area contributed by atoms with Gasteiger partial charge in [-0.25, -0.2) is 0 Å². The molecule has 0 unspecified atom stereocenters. The van der Waals surface area contributed by atoms with Crippen LogP contribution in [0.1, 0.15) is 57.4 Å². The van der Waals surface area contributed by atoms with E-state index in [2.05, 4.69) is 31.2 Å². The first-order valence-electron chi connectivity index (χ1n) is 9.65. The number of rotatable bonds is 6. The van der Waals surface area contributed by atoms with Crippen molar-refractivity contribution in [1.29, 1.82) is 0 Å². The fraction of sp³-hybridized carbons (Fsp3) is 0.714. The van der Waals surface area contributed by atoms with E-state index in [1.807, 2.05) is 6.07 Å². The maximum Gasteiger partial charge on any atom is 0.0782 e. The molecule has 3 atom stereocenters. The third-order valence-electron chi connectivity index (χ3n) is 6.56. The Kier molecular flexibility index (Phi) is 5.63. The molecule has 24 heavy (non-hydrogen) atoms. The number of aliphatic hydroxyl groups is 2. The third kappa shape index (κ3) is 3.02. The van der Waals surface area contributed by atoms with Crippen molar-refractivity contribution in [2.24, 2.45) is 11.3 Å². The lowest BCUT2D eigenvalue weighted by molar-refractivity contribution is -0.246. The molecule has 3 heteroatoms. The Balaban J connectivity index is 1.92. The van der Waals surface area contributed by atoms with Gasteiger partial charge in [0.1, 0.15) is 0 Å². The van der Waals surface area contributed by atoms with Gasteiger partial charge >= 0.3 is 0 Å². The SMILES string of the molecule is CC[C@@H]1OC[C@H](Cc2ccccc2)[C@](O)(CCCO)C12CCCC2. The molecule has 1 saturated carbocycles. The summed E-state index contributed by atoms with van der Waals surface area (Å²) in [5.74, 6) is 0.104. The zero-order chi connectivity index (χ0) is 17.0. The monoisotopic (exact) mass is 332 g/mol. The van der Waals surface area contributed by atoms with Gasteiger partial charge in [-0.05, 0) is 44.1 Å².